The van der Waals surface area contributed by atoms with E-state index in [9.17, 15) is 40.7 Å². The van der Waals surface area contributed by atoms with E-state index in [1.807, 2.05) is 0 Å². The van der Waals surface area contributed by atoms with Crippen molar-refractivity contribution in [2.45, 2.75) is 24.2 Å². The number of hydrogen-bond donors (Lipinski definition) is 0. The van der Waals surface area contributed by atoms with Crippen LogP contribution in [0.15, 0.2) is 90.1 Å². The number of methoxy groups -OCH3 is 2. The molecule has 44 heavy (non-hydrogen) atoms. The summed E-state index contributed by atoms with van der Waals surface area (Å²) >= 11 is 0. The van der Waals surface area contributed by atoms with E-state index in [1.165, 1.54) is 11.0 Å². The van der Waals surface area contributed by atoms with Crippen molar-refractivity contribution in [3.63, 3.8) is 0 Å². The van der Waals surface area contributed by atoms with Gasteiger partial charge in [0.1, 0.15) is 11.3 Å². The average molecular weight is 617 g/mol. The summed E-state index contributed by atoms with van der Waals surface area (Å²) in [5.74, 6) is -3.56. The van der Waals surface area contributed by atoms with Gasteiger partial charge in [0.05, 0.1) is 31.0 Å². The average Bonchev–Trinajstić information content (AvgIpc) is 3.01. The minimum atomic E-state index is -4.78. The van der Waals surface area contributed by atoms with Gasteiger partial charge in [-0.3, -0.25) is 4.79 Å². The number of Topliss-reactive ketones (excluding diaryl/α,β-unsaturated/α-hetero) is 1. The first-order valence-electron chi connectivity index (χ1n) is 12.8. The van der Waals surface area contributed by atoms with E-state index in [0.29, 0.717) is 35.5 Å². The molecule has 0 bridgehead atoms. The number of nitrogens with zero attached hydrogens (tertiary/aromatic N) is 1. The Bertz CT molecular complexity index is 1690. The van der Waals surface area contributed by atoms with Gasteiger partial charge in [-0.15, -0.1) is 0 Å². The highest BCUT2D eigenvalue weighted by Gasteiger charge is 2.58. The van der Waals surface area contributed by atoms with Crippen LogP contribution in [0.4, 0.5) is 32.0 Å². The first-order chi connectivity index (χ1) is 20.7. The second kappa shape index (κ2) is 11.0. The Morgan fingerprint density at radius 1 is 0.773 bits per heavy atom. The molecule has 2 aliphatic rings. The van der Waals surface area contributed by atoms with Crippen molar-refractivity contribution in [1.29, 1.82) is 0 Å². The molecule has 0 N–H and O–H groups in total. The number of benzene rings is 3. The number of carbonyl (C=O) groups excluding carboxylic acids is 3. The van der Waals surface area contributed by atoms with Crippen LogP contribution in [0.3, 0.4) is 0 Å². The highest BCUT2D eigenvalue weighted by Crippen LogP contribution is 2.49. The number of para-hydroxylation sites is 1. The van der Waals surface area contributed by atoms with Crippen LogP contribution in [-0.2, 0) is 41.8 Å². The second-order valence-electron chi connectivity index (χ2n) is 9.66. The lowest BCUT2D eigenvalue weighted by molar-refractivity contribution is -0.145. The summed E-state index contributed by atoms with van der Waals surface area (Å²) in [7, 11) is 1.96. The topological polar surface area (TPSA) is 82.1 Å². The second-order valence-corrected chi connectivity index (χ2v) is 9.66. The normalized spacial score (nSPS) is 19.6. The third-order valence-corrected chi connectivity index (χ3v) is 7.20. The van der Waals surface area contributed by atoms with E-state index in [0.717, 1.165) is 38.5 Å². The molecule has 0 aliphatic carbocycles. The molecule has 0 fully saturated rings. The highest BCUT2D eigenvalue weighted by molar-refractivity contribution is 6.15. The first kappa shape index (κ1) is 30.5. The maximum absolute atomic E-state index is 14.5. The predicted octanol–water partition coefficient (Wildman–Crippen LogP) is 6.29. The van der Waals surface area contributed by atoms with Gasteiger partial charge in [0.25, 0.3) is 0 Å². The fraction of sp³-hybridized carbons (Fsp3) is 0.194. The number of alkyl halides is 6. The van der Waals surface area contributed by atoms with Gasteiger partial charge in [-0.2, -0.15) is 26.3 Å². The monoisotopic (exact) mass is 617 g/mol. The number of esters is 2. The largest absolute Gasteiger partial charge is 0.465 e. The molecule has 0 aromatic heterocycles. The van der Waals surface area contributed by atoms with Gasteiger partial charge < -0.3 is 19.1 Å². The summed E-state index contributed by atoms with van der Waals surface area (Å²) in [6.07, 6.45) is -7.80. The standard InChI is InChI=1S/C31H21F6NO6/c1-42-27(40)24-25(28(41)43-2)38-22-6-4-3-5-17(22)9-16-23(38)44-29(24,19-12-14-21(15-13-19)31(35,36)37)26(39)18-7-10-20(11-8-18)30(32,33)34/h3-16,23H,1-2H3. The van der Waals surface area contributed by atoms with E-state index in [-0.39, 0.29) is 5.56 Å². The molecule has 2 heterocycles. The number of halogens is 6. The van der Waals surface area contributed by atoms with E-state index < -0.39 is 69.9 Å². The molecule has 2 atom stereocenters. The molecule has 3 aromatic rings. The number of rotatable bonds is 5. The van der Waals surface area contributed by atoms with Crippen molar-refractivity contribution >= 4 is 29.5 Å². The lowest BCUT2D eigenvalue weighted by Crippen LogP contribution is -2.57. The molecule has 3 aromatic carbocycles. The summed E-state index contributed by atoms with van der Waals surface area (Å²) in [6, 6.07) is 12.6. The van der Waals surface area contributed by atoms with Crippen LogP contribution in [0.1, 0.15) is 32.6 Å². The van der Waals surface area contributed by atoms with E-state index in [2.05, 4.69) is 0 Å². The molecular weight excluding hydrogens is 596 g/mol. The SMILES string of the molecule is COC(=O)C1=C(C(=O)OC)C(C(=O)c2ccc(C(F)(F)F)cc2)(c2ccc(C(F)(F)F)cc2)OC2C=Cc3ccccc3N12. The number of fused-ring (bicyclic) bond motifs is 3. The van der Waals surface area contributed by atoms with Gasteiger partial charge in [-0.25, -0.2) is 9.59 Å². The van der Waals surface area contributed by atoms with Crippen LogP contribution >= 0.6 is 0 Å². The molecule has 0 saturated carbocycles. The van der Waals surface area contributed by atoms with Crippen LogP contribution in [-0.4, -0.2) is 38.2 Å². The Balaban J connectivity index is 1.87. The maximum atomic E-state index is 14.5. The predicted molar refractivity (Wildman–Crippen MR) is 143 cm³/mol. The summed E-state index contributed by atoms with van der Waals surface area (Å²) in [6.45, 7) is 0. The lowest BCUT2D eigenvalue weighted by atomic mass is 9.76. The minimum absolute atomic E-state index is 0.330. The van der Waals surface area contributed by atoms with Gasteiger partial charge in [-0.1, -0.05) is 48.5 Å². The van der Waals surface area contributed by atoms with Crippen LogP contribution in [0.5, 0.6) is 0 Å². The summed E-state index contributed by atoms with van der Waals surface area (Å²) in [4.78, 5) is 42.9. The van der Waals surface area contributed by atoms with Crippen molar-refractivity contribution in [1.82, 2.24) is 0 Å². The van der Waals surface area contributed by atoms with Crippen molar-refractivity contribution < 1.29 is 54.9 Å². The number of carbonyl (C=O) groups is 3. The smallest absolute Gasteiger partial charge is 0.416 e. The van der Waals surface area contributed by atoms with Crippen molar-refractivity contribution in [3.05, 3.63) is 118 Å². The Morgan fingerprint density at radius 3 is 1.86 bits per heavy atom. The zero-order chi connectivity index (χ0) is 32.0. The zero-order valence-corrected chi connectivity index (χ0v) is 22.8. The van der Waals surface area contributed by atoms with Crippen LogP contribution in [0.25, 0.3) is 6.08 Å². The Morgan fingerprint density at radius 2 is 1.32 bits per heavy atom. The molecule has 13 heteroatoms. The van der Waals surface area contributed by atoms with Crippen LogP contribution < -0.4 is 4.90 Å². The van der Waals surface area contributed by atoms with Crippen LogP contribution in [0, 0.1) is 0 Å². The van der Waals surface area contributed by atoms with Crippen molar-refractivity contribution in [2.24, 2.45) is 0 Å². The quantitative estimate of drug-likeness (QED) is 0.189. The van der Waals surface area contributed by atoms with Gasteiger partial charge in [0, 0.05) is 5.56 Å². The number of ether oxygens (including phenoxy) is 3. The van der Waals surface area contributed by atoms with E-state index in [1.54, 1.807) is 30.3 Å². The fourth-order valence-corrected chi connectivity index (χ4v) is 5.18. The molecule has 0 saturated heterocycles. The first-order valence-corrected chi connectivity index (χ1v) is 12.8. The molecule has 5 rings (SSSR count). The van der Waals surface area contributed by atoms with E-state index >= 15 is 0 Å². The minimum Gasteiger partial charge on any atom is -0.465 e. The summed E-state index contributed by atoms with van der Waals surface area (Å²) in [5.41, 5.74) is -5.96. The van der Waals surface area contributed by atoms with E-state index in [4.69, 9.17) is 14.2 Å². The molecule has 228 valence electrons. The maximum Gasteiger partial charge on any atom is 0.416 e. The number of hydrogen-bond acceptors (Lipinski definition) is 7. The number of anilines is 1. The Hall–Kier alpha value is -4.91. The van der Waals surface area contributed by atoms with Crippen LogP contribution in [0.2, 0.25) is 0 Å². The Labute approximate surface area is 245 Å². The van der Waals surface area contributed by atoms with Gasteiger partial charge in [0.15, 0.2) is 11.8 Å². The van der Waals surface area contributed by atoms with Crippen molar-refractivity contribution in [3.8, 4) is 0 Å². The third kappa shape index (κ3) is 5.02. The highest BCUT2D eigenvalue weighted by atomic mass is 19.4. The zero-order valence-electron chi connectivity index (χ0n) is 22.8. The molecular formula is C31H21F6NO6. The van der Waals surface area contributed by atoms with Gasteiger partial charge >= 0.3 is 24.3 Å². The van der Waals surface area contributed by atoms with Gasteiger partial charge in [-0.05, 0) is 47.5 Å². The molecule has 2 unspecified atom stereocenters. The van der Waals surface area contributed by atoms with Crippen molar-refractivity contribution in [2.75, 3.05) is 19.1 Å². The van der Waals surface area contributed by atoms with Gasteiger partial charge in [0.2, 0.25) is 5.78 Å². The lowest BCUT2D eigenvalue weighted by Gasteiger charge is -2.48. The molecule has 2 aliphatic heterocycles. The molecule has 7 nitrogen and oxygen atoms in total. The summed E-state index contributed by atoms with van der Waals surface area (Å²) in [5, 5.41) is 0. The molecule has 0 spiro atoms. The third-order valence-electron chi connectivity index (χ3n) is 7.20. The number of ketones is 1. The molecule has 0 radical (unpaired) electrons. The Kier molecular flexibility index (Phi) is 7.62. The fourth-order valence-electron chi connectivity index (χ4n) is 5.18. The molecule has 0 amide bonds. The summed E-state index contributed by atoms with van der Waals surface area (Å²) < 4.78 is 96.8.